The van der Waals surface area contributed by atoms with Crippen molar-refractivity contribution in [1.29, 1.82) is 0 Å². The lowest BCUT2D eigenvalue weighted by molar-refractivity contribution is 0.487. The molecule has 0 radical (unpaired) electrons. The van der Waals surface area contributed by atoms with Crippen molar-refractivity contribution in [2.75, 3.05) is 23.0 Å². The number of aromatic nitrogens is 1. The third-order valence-corrected chi connectivity index (χ3v) is 10.8. The summed E-state index contributed by atoms with van der Waals surface area (Å²) >= 11 is 8.63. The van der Waals surface area contributed by atoms with Gasteiger partial charge in [-0.1, -0.05) is 67.5 Å². The van der Waals surface area contributed by atoms with Crippen LogP contribution in [0.15, 0.2) is 108 Å². The van der Waals surface area contributed by atoms with Gasteiger partial charge >= 0.3 is 5.63 Å². The van der Waals surface area contributed by atoms with Crippen LogP contribution in [0.1, 0.15) is 50.3 Å². The van der Waals surface area contributed by atoms with Gasteiger partial charge in [-0.15, -0.1) is 0 Å². The number of benzene rings is 3. The van der Waals surface area contributed by atoms with Crippen LogP contribution in [-0.4, -0.2) is 23.8 Å². The van der Waals surface area contributed by atoms with Crippen molar-refractivity contribution < 1.29 is 4.42 Å². The highest BCUT2D eigenvalue weighted by molar-refractivity contribution is 9.10. The minimum absolute atomic E-state index is 0.00669. The van der Waals surface area contributed by atoms with E-state index in [1.807, 2.05) is 18.2 Å². The first-order chi connectivity index (χ1) is 21.9. The summed E-state index contributed by atoms with van der Waals surface area (Å²) in [5, 5.41) is 9.01. The molecule has 45 heavy (non-hydrogen) atoms. The molecule has 0 bridgehead atoms. The number of rotatable bonds is 7. The number of halogens is 2. The Hall–Kier alpha value is -3.53. The number of anilines is 2. The van der Waals surface area contributed by atoms with E-state index in [1.165, 1.54) is 28.0 Å². The van der Waals surface area contributed by atoms with E-state index in [0.29, 0.717) is 11.1 Å². The summed E-state index contributed by atoms with van der Waals surface area (Å²) in [5.41, 5.74) is 6.55. The molecule has 2 aliphatic rings. The van der Waals surface area contributed by atoms with Gasteiger partial charge in [0.1, 0.15) is 5.58 Å². The Kier molecular flexibility index (Phi) is 8.50. The zero-order valence-corrected chi connectivity index (χ0v) is 29.0. The average molecular weight is 745 g/mol. The molecule has 228 valence electrons. The Bertz CT molecular complexity index is 1980. The highest BCUT2D eigenvalue weighted by Crippen LogP contribution is 2.48. The second-order valence-electron chi connectivity index (χ2n) is 11.4. The number of nitrogens with zero attached hydrogens (tertiary/aromatic N) is 4. The predicted molar refractivity (Wildman–Crippen MR) is 193 cm³/mol. The molecule has 7 rings (SSSR count). The molecule has 0 amide bonds. The number of hydrogen-bond acceptors (Lipinski definition) is 7. The molecule has 0 unspecified atom stereocenters. The van der Waals surface area contributed by atoms with Crippen molar-refractivity contribution in [3.05, 3.63) is 115 Å². The van der Waals surface area contributed by atoms with Crippen LogP contribution in [0.4, 0.5) is 10.8 Å². The molecule has 2 aromatic heterocycles. The van der Waals surface area contributed by atoms with Gasteiger partial charge in [0.15, 0.2) is 0 Å². The first kappa shape index (κ1) is 30.1. The average Bonchev–Trinajstić information content (AvgIpc) is 3.69. The van der Waals surface area contributed by atoms with E-state index >= 15 is 0 Å². The maximum Gasteiger partial charge on any atom is 0.345 e. The van der Waals surface area contributed by atoms with Gasteiger partial charge < -0.3 is 9.32 Å². The number of allylic oxidation sites excluding steroid dienone is 1. The molecule has 0 spiro atoms. The third kappa shape index (κ3) is 5.93. The summed E-state index contributed by atoms with van der Waals surface area (Å²) in [6.07, 6.45) is 7.20. The molecule has 0 N–H and O–H groups in total. The molecule has 5 aromatic rings. The van der Waals surface area contributed by atoms with E-state index < -0.39 is 0 Å². The number of thiazole rings is 1. The largest absolute Gasteiger partial charge is 0.422 e. The summed E-state index contributed by atoms with van der Waals surface area (Å²) in [6.45, 7) is 6.02. The van der Waals surface area contributed by atoms with Gasteiger partial charge in [-0.3, -0.25) is 0 Å². The third-order valence-electron chi connectivity index (χ3n) is 8.73. The van der Waals surface area contributed by atoms with Gasteiger partial charge in [-0.2, -0.15) is 5.10 Å². The molecular formula is C36H32Br2N4O2S. The van der Waals surface area contributed by atoms with Gasteiger partial charge in [-0.25, -0.2) is 14.8 Å². The highest BCUT2D eigenvalue weighted by Gasteiger charge is 2.43. The van der Waals surface area contributed by atoms with Crippen LogP contribution < -0.4 is 15.5 Å². The first-order valence-corrected chi connectivity index (χ1v) is 17.7. The number of fused-ring (bicyclic) bond motifs is 2. The monoisotopic (exact) mass is 742 g/mol. The van der Waals surface area contributed by atoms with E-state index in [9.17, 15) is 4.79 Å². The molecule has 1 fully saturated rings. The summed E-state index contributed by atoms with van der Waals surface area (Å²) in [6, 6.07) is 24.9. The van der Waals surface area contributed by atoms with Crippen molar-refractivity contribution in [3.63, 3.8) is 0 Å². The van der Waals surface area contributed by atoms with E-state index in [1.54, 1.807) is 6.20 Å². The summed E-state index contributed by atoms with van der Waals surface area (Å²) in [7, 11) is 0. The molecular weight excluding hydrogens is 712 g/mol. The Morgan fingerprint density at radius 2 is 1.73 bits per heavy atom. The van der Waals surface area contributed by atoms with Crippen molar-refractivity contribution >= 4 is 76.8 Å². The fourth-order valence-electron chi connectivity index (χ4n) is 6.46. The summed E-state index contributed by atoms with van der Waals surface area (Å²) in [5.74, 6) is 0.236. The predicted octanol–water partition coefficient (Wildman–Crippen LogP) is 10.1. The van der Waals surface area contributed by atoms with Crippen LogP contribution in [0.2, 0.25) is 0 Å². The molecule has 3 heterocycles. The van der Waals surface area contributed by atoms with Gasteiger partial charge in [0.05, 0.1) is 22.2 Å². The van der Waals surface area contributed by atoms with Crippen LogP contribution in [0.25, 0.3) is 27.5 Å². The number of hydrogen-bond donors (Lipinski definition) is 0. The molecule has 2 atom stereocenters. The minimum Gasteiger partial charge on any atom is -0.422 e. The molecule has 6 nitrogen and oxygen atoms in total. The summed E-state index contributed by atoms with van der Waals surface area (Å²) < 4.78 is 7.97. The lowest BCUT2D eigenvalue weighted by atomic mass is 9.77. The SMILES string of the molecule is CCN(CC)c1ccc2cc(-c3cnc(N4N=C5/C(=C/c6ccc(Br)cc6)CCC[C@@H]5[C@H]4c4ccc(Br)cc4)s3)c(=O)oc2c1. The number of hydrazone groups is 1. The lowest BCUT2D eigenvalue weighted by Gasteiger charge is -2.29. The smallest absolute Gasteiger partial charge is 0.345 e. The Labute approximate surface area is 283 Å². The second-order valence-corrected chi connectivity index (χ2v) is 14.2. The van der Waals surface area contributed by atoms with Gasteiger partial charge in [-0.05, 0) is 98.4 Å². The van der Waals surface area contributed by atoms with Crippen LogP contribution in [0.5, 0.6) is 0 Å². The van der Waals surface area contributed by atoms with Crippen molar-refractivity contribution in [1.82, 2.24) is 4.98 Å². The van der Waals surface area contributed by atoms with E-state index in [2.05, 4.69) is 116 Å². The topological polar surface area (TPSA) is 61.9 Å². The van der Waals surface area contributed by atoms with Crippen LogP contribution in [0.3, 0.4) is 0 Å². The standard InChI is InChI=1S/C36H32Br2N4O2S/c1-3-41(4-2)28-17-12-24-19-30(35(43)44-31(24)20-28)32-21-39-36(45-32)42-34(23-10-15-27(38)16-11-23)29-7-5-6-25(33(29)40-42)18-22-8-13-26(37)14-9-22/h8-21,29,34H,3-7H2,1-2H3/b25-18+/t29-,34+/m0/s1. The minimum atomic E-state index is -0.361. The van der Waals surface area contributed by atoms with Crippen molar-refractivity contribution in [2.45, 2.75) is 39.2 Å². The maximum atomic E-state index is 13.3. The highest BCUT2D eigenvalue weighted by atomic mass is 79.9. The first-order valence-electron chi connectivity index (χ1n) is 15.3. The van der Waals surface area contributed by atoms with Crippen molar-refractivity contribution in [3.8, 4) is 10.4 Å². The van der Waals surface area contributed by atoms with Crippen LogP contribution in [0, 0.1) is 5.92 Å². The van der Waals surface area contributed by atoms with Crippen LogP contribution >= 0.6 is 43.2 Å². The van der Waals surface area contributed by atoms with E-state index in [-0.39, 0.29) is 17.6 Å². The maximum absolute atomic E-state index is 13.3. The fraction of sp³-hybridized carbons (Fsp3) is 0.250. The molecule has 1 aliphatic heterocycles. The molecule has 3 aromatic carbocycles. The van der Waals surface area contributed by atoms with Gasteiger partial charge in [0, 0.05) is 51.3 Å². The Balaban J connectivity index is 1.27. The van der Waals surface area contributed by atoms with Crippen molar-refractivity contribution in [2.24, 2.45) is 11.0 Å². The normalized spacial score (nSPS) is 18.8. The quantitative estimate of drug-likeness (QED) is 0.155. The Morgan fingerprint density at radius 3 is 2.47 bits per heavy atom. The van der Waals surface area contributed by atoms with E-state index in [4.69, 9.17) is 14.5 Å². The Morgan fingerprint density at radius 1 is 1.00 bits per heavy atom. The van der Waals surface area contributed by atoms with Crippen LogP contribution in [-0.2, 0) is 0 Å². The molecule has 1 aliphatic carbocycles. The summed E-state index contributed by atoms with van der Waals surface area (Å²) in [4.78, 5) is 21.1. The molecule has 1 saturated carbocycles. The van der Waals surface area contributed by atoms with E-state index in [0.717, 1.165) is 68.1 Å². The second kappa shape index (κ2) is 12.7. The molecule has 0 saturated heterocycles. The van der Waals surface area contributed by atoms with Gasteiger partial charge in [0.2, 0.25) is 5.13 Å². The fourth-order valence-corrected chi connectivity index (χ4v) is 7.90. The molecule has 9 heteroatoms. The zero-order valence-electron chi connectivity index (χ0n) is 25.0. The lowest BCUT2D eigenvalue weighted by Crippen LogP contribution is -2.28. The van der Waals surface area contributed by atoms with Gasteiger partial charge in [0.25, 0.3) is 0 Å². The zero-order chi connectivity index (χ0) is 31.1.